The lowest BCUT2D eigenvalue weighted by Gasteiger charge is -2.34. The van der Waals surface area contributed by atoms with E-state index in [4.69, 9.17) is 0 Å². The third-order valence-electron chi connectivity index (χ3n) is 4.77. The summed E-state index contributed by atoms with van der Waals surface area (Å²) in [4.78, 5) is 23.5. The Hall–Kier alpha value is -2.81. The topological polar surface area (TPSA) is 88.8 Å². The zero-order valence-corrected chi connectivity index (χ0v) is 15.9. The molecule has 140 valence electrons. The second kappa shape index (κ2) is 7.83. The third-order valence-corrected chi connectivity index (χ3v) is 5.38. The predicted octanol–water partition coefficient (Wildman–Crippen LogP) is 2.79. The van der Waals surface area contributed by atoms with Gasteiger partial charge in [0, 0.05) is 38.1 Å². The fraction of sp³-hybridized carbons (Fsp3) is 0.389. The van der Waals surface area contributed by atoms with Gasteiger partial charge in [-0.25, -0.2) is 9.97 Å². The summed E-state index contributed by atoms with van der Waals surface area (Å²) in [5.41, 5.74) is 2.08. The lowest BCUT2D eigenvalue weighted by atomic mass is 10.1. The smallest absolute Gasteiger partial charge is 0.259 e. The van der Waals surface area contributed by atoms with E-state index in [1.165, 1.54) is 11.3 Å². The van der Waals surface area contributed by atoms with E-state index in [0.717, 1.165) is 44.0 Å². The fourth-order valence-electron chi connectivity index (χ4n) is 3.44. The van der Waals surface area contributed by atoms with Crippen molar-refractivity contribution in [3.63, 3.8) is 0 Å². The summed E-state index contributed by atoms with van der Waals surface area (Å²) in [7, 11) is 0. The minimum absolute atomic E-state index is 0.228. The molecule has 1 unspecified atom stereocenters. The number of rotatable bonds is 5. The molecule has 4 heterocycles. The number of nitrogens with zero attached hydrogens (tertiary/aromatic N) is 6. The van der Waals surface area contributed by atoms with Gasteiger partial charge in [0.25, 0.3) is 5.91 Å². The molecule has 0 spiro atoms. The van der Waals surface area contributed by atoms with E-state index >= 15 is 0 Å². The molecule has 4 rings (SSSR count). The average Bonchev–Trinajstić information content (AvgIpc) is 3.40. The Bertz CT molecular complexity index is 891. The minimum atomic E-state index is -0.228. The van der Waals surface area contributed by atoms with Crippen molar-refractivity contribution in [3.05, 3.63) is 47.6 Å². The number of hydrogen-bond donors (Lipinski definition) is 1. The van der Waals surface area contributed by atoms with Gasteiger partial charge in [0.2, 0.25) is 5.13 Å². The largest absolute Gasteiger partial charge is 0.355 e. The number of amides is 1. The summed E-state index contributed by atoms with van der Waals surface area (Å²) in [5.74, 6) is 1.79. The van der Waals surface area contributed by atoms with E-state index in [0.29, 0.717) is 16.7 Å². The van der Waals surface area contributed by atoms with E-state index in [2.05, 4.69) is 48.1 Å². The number of imidazole rings is 1. The number of aromatic nitrogens is 5. The van der Waals surface area contributed by atoms with Crippen LogP contribution in [0.1, 0.15) is 42.0 Å². The van der Waals surface area contributed by atoms with Crippen LogP contribution in [0.15, 0.2) is 36.2 Å². The maximum absolute atomic E-state index is 12.2. The van der Waals surface area contributed by atoms with E-state index in [1.54, 1.807) is 17.8 Å². The van der Waals surface area contributed by atoms with E-state index in [-0.39, 0.29) is 5.91 Å². The van der Waals surface area contributed by atoms with Gasteiger partial charge in [0.1, 0.15) is 17.2 Å². The second-order valence-corrected chi connectivity index (χ2v) is 7.28. The first-order valence-corrected chi connectivity index (χ1v) is 9.92. The molecule has 9 heteroatoms. The van der Waals surface area contributed by atoms with Gasteiger partial charge in [-0.05, 0) is 25.0 Å². The van der Waals surface area contributed by atoms with Gasteiger partial charge in [0.05, 0.1) is 11.6 Å². The van der Waals surface area contributed by atoms with Gasteiger partial charge in [0.15, 0.2) is 0 Å². The number of nitrogens with one attached hydrogen (secondary N) is 1. The number of carbonyl (C=O) groups is 1. The van der Waals surface area contributed by atoms with Crippen molar-refractivity contribution in [1.29, 1.82) is 0 Å². The highest BCUT2D eigenvalue weighted by Gasteiger charge is 2.23. The average molecular weight is 383 g/mol. The number of carbonyl (C=O) groups excluding carboxylic acids is 1. The van der Waals surface area contributed by atoms with Gasteiger partial charge in [-0.2, -0.15) is 0 Å². The Morgan fingerprint density at radius 1 is 1.37 bits per heavy atom. The Kier molecular flexibility index (Phi) is 5.10. The molecule has 0 radical (unpaired) electrons. The molecule has 1 saturated heterocycles. The summed E-state index contributed by atoms with van der Waals surface area (Å²) < 4.78 is 2.29. The maximum Gasteiger partial charge on any atom is 0.259 e. The van der Waals surface area contributed by atoms with Crippen LogP contribution in [0.3, 0.4) is 0 Å². The third kappa shape index (κ3) is 3.82. The number of pyridine rings is 1. The Balaban J connectivity index is 1.44. The monoisotopic (exact) mass is 383 g/mol. The van der Waals surface area contributed by atoms with Crippen molar-refractivity contribution < 1.29 is 4.79 Å². The SMILES string of the molecule is CCc1nccn1C1CCCN(c2ccc(C(=O)Nc3nncs3)cn2)C1. The lowest BCUT2D eigenvalue weighted by molar-refractivity contribution is 0.102. The quantitative estimate of drug-likeness (QED) is 0.729. The molecule has 8 nitrogen and oxygen atoms in total. The Labute approximate surface area is 161 Å². The van der Waals surface area contributed by atoms with Crippen LogP contribution in [0.2, 0.25) is 0 Å². The van der Waals surface area contributed by atoms with Gasteiger partial charge in [-0.1, -0.05) is 18.3 Å². The van der Waals surface area contributed by atoms with E-state index in [1.807, 2.05) is 12.3 Å². The van der Waals surface area contributed by atoms with Crippen LogP contribution in [-0.4, -0.2) is 43.7 Å². The molecule has 27 heavy (non-hydrogen) atoms. The van der Waals surface area contributed by atoms with Crippen molar-refractivity contribution in [1.82, 2.24) is 24.7 Å². The van der Waals surface area contributed by atoms with Crippen molar-refractivity contribution in [2.45, 2.75) is 32.2 Å². The predicted molar refractivity (Wildman–Crippen MR) is 104 cm³/mol. The van der Waals surface area contributed by atoms with Crippen molar-refractivity contribution >= 4 is 28.2 Å². The summed E-state index contributed by atoms with van der Waals surface area (Å²) in [5, 5.41) is 10.7. The standard InChI is InChI=1S/C18H21N7OS/c1-2-15-19-7-9-25(15)14-4-3-8-24(11-14)16-6-5-13(10-20-16)17(26)22-18-23-21-12-27-18/h5-7,9-10,12,14H,2-4,8,11H2,1H3,(H,22,23,26). The molecule has 0 aromatic carbocycles. The van der Waals surface area contributed by atoms with Crippen LogP contribution >= 0.6 is 11.3 Å². The fourth-order valence-corrected chi connectivity index (χ4v) is 3.88. The van der Waals surface area contributed by atoms with Crippen LogP contribution in [-0.2, 0) is 6.42 Å². The lowest BCUT2D eigenvalue weighted by Crippen LogP contribution is -2.37. The zero-order chi connectivity index (χ0) is 18.6. The van der Waals surface area contributed by atoms with E-state index in [9.17, 15) is 4.79 Å². The first-order chi connectivity index (χ1) is 13.2. The van der Waals surface area contributed by atoms with Gasteiger partial charge >= 0.3 is 0 Å². The normalized spacial score (nSPS) is 17.1. The van der Waals surface area contributed by atoms with E-state index < -0.39 is 0 Å². The molecule has 1 atom stereocenters. The number of piperidine rings is 1. The summed E-state index contributed by atoms with van der Waals surface area (Å²) in [6, 6.07) is 4.11. The molecule has 1 fully saturated rings. The summed E-state index contributed by atoms with van der Waals surface area (Å²) in [6.07, 6.45) is 8.74. The molecule has 0 saturated carbocycles. The summed E-state index contributed by atoms with van der Waals surface area (Å²) >= 11 is 1.28. The van der Waals surface area contributed by atoms with Crippen LogP contribution < -0.4 is 10.2 Å². The molecular formula is C18H21N7OS. The minimum Gasteiger partial charge on any atom is -0.355 e. The highest BCUT2D eigenvalue weighted by atomic mass is 32.1. The zero-order valence-electron chi connectivity index (χ0n) is 15.1. The van der Waals surface area contributed by atoms with Crippen LogP contribution in [0.4, 0.5) is 10.9 Å². The molecule has 1 N–H and O–H groups in total. The molecule has 0 bridgehead atoms. The molecule has 1 aliphatic rings. The first-order valence-electron chi connectivity index (χ1n) is 9.05. The van der Waals surface area contributed by atoms with Gasteiger partial charge < -0.3 is 9.47 Å². The highest BCUT2D eigenvalue weighted by molar-refractivity contribution is 7.13. The van der Waals surface area contributed by atoms with Crippen molar-refractivity contribution in [3.8, 4) is 0 Å². The number of aryl methyl sites for hydroxylation is 1. The first kappa shape index (κ1) is 17.6. The van der Waals surface area contributed by atoms with Crippen LogP contribution in [0.5, 0.6) is 0 Å². The molecule has 3 aromatic heterocycles. The molecule has 1 aliphatic heterocycles. The maximum atomic E-state index is 12.2. The Morgan fingerprint density at radius 3 is 3.04 bits per heavy atom. The molecule has 1 amide bonds. The molecule has 0 aliphatic carbocycles. The van der Waals surface area contributed by atoms with Crippen molar-refractivity contribution in [2.75, 3.05) is 23.3 Å². The summed E-state index contributed by atoms with van der Waals surface area (Å²) in [6.45, 7) is 4.00. The second-order valence-electron chi connectivity index (χ2n) is 6.45. The van der Waals surface area contributed by atoms with Gasteiger partial charge in [-0.15, -0.1) is 10.2 Å². The van der Waals surface area contributed by atoms with Crippen molar-refractivity contribution in [2.24, 2.45) is 0 Å². The highest BCUT2D eigenvalue weighted by Crippen LogP contribution is 2.26. The molecule has 3 aromatic rings. The molecular weight excluding hydrogens is 362 g/mol. The van der Waals surface area contributed by atoms with Crippen LogP contribution in [0.25, 0.3) is 0 Å². The number of anilines is 2. The number of hydrogen-bond acceptors (Lipinski definition) is 7. The van der Waals surface area contributed by atoms with Crippen LogP contribution in [0, 0.1) is 0 Å². The van der Waals surface area contributed by atoms with Gasteiger partial charge in [-0.3, -0.25) is 10.1 Å². The Morgan fingerprint density at radius 2 is 2.30 bits per heavy atom.